The first-order valence-electron chi connectivity index (χ1n) is 23.9. The van der Waals surface area contributed by atoms with E-state index in [1.165, 1.54) is 66.4 Å². The largest absolute Gasteiger partial charge is 0.497 e. The molecule has 0 fully saturated rings. The number of aryl methyl sites for hydroxylation is 2. The average molecular weight is 1310 g/mol. The number of nitrogens with two attached hydrogens (primary N) is 1. The Morgan fingerprint density at radius 3 is 1.30 bits per heavy atom. The van der Waals surface area contributed by atoms with Crippen molar-refractivity contribution in [3.8, 4) is 22.9 Å². The third kappa shape index (κ3) is 15.5. The van der Waals surface area contributed by atoms with Gasteiger partial charge in [0, 0.05) is 10.8 Å². The Bertz CT molecular complexity index is 3790. The Kier molecular flexibility index (Phi) is 21.3. The number of halogens is 5. The maximum atomic E-state index is 12.6. The van der Waals surface area contributed by atoms with Gasteiger partial charge in [-0.3, -0.25) is 23.5 Å². The van der Waals surface area contributed by atoms with Crippen LogP contribution in [-0.2, 0) is 14.4 Å². The molecule has 28 heteroatoms. The molecule has 2 heterocycles. The molecule has 21 nitrogen and oxygen atoms in total. The van der Waals surface area contributed by atoms with Crippen molar-refractivity contribution in [2.45, 2.75) is 24.2 Å². The zero-order valence-electron chi connectivity index (χ0n) is 43.7. The van der Waals surface area contributed by atoms with Crippen LogP contribution in [0.4, 0.5) is 23.0 Å². The van der Waals surface area contributed by atoms with Crippen molar-refractivity contribution >= 4 is 166 Å². The number of aromatic nitrogens is 6. The number of thioether (sulfide) groups is 2. The number of nitrogen functional groups attached to an aromatic ring is 1. The lowest BCUT2D eigenvalue weighted by Gasteiger charge is -2.14. The summed E-state index contributed by atoms with van der Waals surface area (Å²) in [4.78, 5) is 68.7. The topological polar surface area (TPSA) is 305 Å². The van der Waals surface area contributed by atoms with Crippen molar-refractivity contribution in [3.05, 3.63) is 163 Å². The van der Waals surface area contributed by atoms with Crippen LogP contribution in [0.15, 0.2) is 130 Å². The number of nitrogens with one attached hydrogen (secondary N) is 3. The van der Waals surface area contributed by atoms with Crippen LogP contribution >= 0.6 is 85.9 Å². The van der Waals surface area contributed by atoms with Gasteiger partial charge < -0.3 is 46.5 Å². The number of rotatable bonds is 17. The standard InChI is InChI=1S/C23H18BrClN4O4S.C23H20ClN5O4S.C9H7Cl2NO3/c1-12-3-8-19(16-10-14(33-2)5-6-15(12)16)29-22(24)27-28-23(29)34-11-20(30)26-18-7-4-13(21(31)32)9-17(18)25;1-12-3-8-19(16-10-14(33-2)5-6-15(12)16)29-22(25)27-28-23(29)34-11-20(30)26-18-7-4-13(21(31)32)9-17(18)24;10-4-8(13)12-7-2-1-5(9(14)15)3-6(7)11/h3-10H,11H2,1-2H3,(H,26,30)(H,31,32);3-10H,11H2,1-2H3,(H2,25,27)(H,26,30)(H,31,32);1-3H,4H2,(H,12,13)(H,14,15). The molecule has 0 aliphatic heterocycles. The number of hydrogen-bond acceptors (Lipinski definition) is 15. The van der Waals surface area contributed by atoms with Gasteiger partial charge >= 0.3 is 17.9 Å². The van der Waals surface area contributed by atoms with Crippen molar-refractivity contribution in [1.29, 1.82) is 0 Å². The zero-order valence-corrected chi connectivity index (χ0v) is 49.9. The normalized spacial score (nSPS) is 10.7. The van der Waals surface area contributed by atoms with E-state index in [2.05, 4.69) is 52.3 Å². The summed E-state index contributed by atoms with van der Waals surface area (Å²) in [6.07, 6.45) is 0. The Morgan fingerprint density at radius 2 is 0.916 bits per heavy atom. The van der Waals surface area contributed by atoms with E-state index in [4.69, 9.17) is 76.9 Å². The van der Waals surface area contributed by atoms with E-state index in [-0.39, 0.29) is 66.9 Å². The monoisotopic (exact) mass is 1300 g/mol. The Labute approximate surface area is 508 Å². The fourth-order valence-electron chi connectivity index (χ4n) is 7.78. The van der Waals surface area contributed by atoms with Gasteiger partial charge in [0.1, 0.15) is 17.4 Å². The molecule has 9 aromatic rings. The SMILES string of the molecule is COc1ccc2c(C)ccc(-n3c(Br)nnc3SCC(=O)Nc3ccc(C(=O)O)cc3Cl)c2c1.COc1ccc2c(C)ccc(-n3c(N)nnc3SCC(=O)Nc3ccc(C(=O)O)cc3Cl)c2c1.O=C(CCl)Nc1ccc(C(=O)O)cc1Cl. The molecule has 83 heavy (non-hydrogen) atoms. The fourth-order valence-corrected chi connectivity index (χ4v) is 10.6. The number of aromatic carboxylic acids is 3. The molecule has 0 unspecified atom stereocenters. The first kappa shape index (κ1) is 62.5. The quantitative estimate of drug-likeness (QED) is 0.0329. The van der Waals surface area contributed by atoms with Crippen LogP contribution in [-0.4, -0.2) is 112 Å². The van der Waals surface area contributed by atoms with Crippen LogP contribution in [0.2, 0.25) is 15.1 Å². The van der Waals surface area contributed by atoms with E-state index in [0.29, 0.717) is 37.9 Å². The van der Waals surface area contributed by atoms with Crippen molar-refractivity contribution in [2.75, 3.05) is 53.3 Å². The van der Waals surface area contributed by atoms with Crippen LogP contribution in [0.3, 0.4) is 0 Å². The van der Waals surface area contributed by atoms with Crippen molar-refractivity contribution in [3.63, 3.8) is 0 Å². The Hall–Kier alpha value is -8.10. The van der Waals surface area contributed by atoms with Crippen LogP contribution < -0.4 is 31.2 Å². The van der Waals surface area contributed by atoms with Crippen LogP contribution in [0.25, 0.3) is 32.9 Å². The first-order valence-corrected chi connectivity index (χ1v) is 28.3. The molecule has 0 saturated heterocycles. The molecule has 7 aromatic carbocycles. The number of carbonyl (C=O) groups is 6. The predicted molar refractivity (Wildman–Crippen MR) is 326 cm³/mol. The smallest absolute Gasteiger partial charge is 0.335 e. The lowest BCUT2D eigenvalue weighted by atomic mass is 10.0. The molecule has 8 N–H and O–H groups in total. The van der Waals surface area contributed by atoms with Gasteiger partial charge in [-0.15, -0.1) is 32.0 Å². The number of hydrogen-bond donors (Lipinski definition) is 7. The highest BCUT2D eigenvalue weighted by atomic mass is 79.9. The van der Waals surface area contributed by atoms with Gasteiger partial charge in [-0.1, -0.05) is 82.6 Å². The highest BCUT2D eigenvalue weighted by Crippen LogP contribution is 2.36. The van der Waals surface area contributed by atoms with E-state index < -0.39 is 23.8 Å². The second kappa shape index (κ2) is 28.3. The van der Waals surface area contributed by atoms with Gasteiger partial charge in [0.15, 0.2) is 10.3 Å². The van der Waals surface area contributed by atoms with E-state index in [1.807, 2.05) is 79.1 Å². The predicted octanol–water partition coefficient (Wildman–Crippen LogP) is 12.2. The number of fused-ring (bicyclic) bond motifs is 2. The fraction of sp³-hybridized carbons (Fsp3) is 0.127. The number of methoxy groups -OCH3 is 2. The molecule has 0 aliphatic carbocycles. The van der Waals surface area contributed by atoms with Crippen molar-refractivity contribution in [1.82, 2.24) is 29.5 Å². The third-order valence-electron chi connectivity index (χ3n) is 11.8. The number of nitrogens with zero attached hydrogens (tertiary/aromatic N) is 6. The van der Waals surface area contributed by atoms with E-state index in [1.54, 1.807) is 18.8 Å². The van der Waals surface area contributed by atoms with Crippen LogP contribution in [0.5, 0.6) is 11.5 Å². The third-order valence-corrected chi connectivity index (χ3v) is 15.4. The summed E-state index contributed by atoms with van der Waals surface area (Å²) in [5, 5.41) is 56.4. The molecule has 2 aromatic heterocycles. The van der Waals surface area contributed by atoms with Gasteiger partial charge in [-0.05, 0) is 143 Å². The number of carboxylic acids is 3. The second-order valence-electron chi connectivity index (χ2n) is 17.2. The Morgan fingerprint density at radius 1 is 0.530 bits per heavy atom. The molecule has 0 radical (unpaired) electrons. The van der Waals surface area contributed by atoms with Gasteiger partial charge in [0.2, 0.25) is 28.4 Å². The van der Waals surface area contributed by atoms with E-state index in [9.17, 15) is 28.8 Å². The Balaban J connectivity index is 0.000000193. The molecule has 0 atom stereocenters. The molecule has 0 spiro atoms. The number of benzene rings is 7. The number of anilines is 4. The lowest BCUT2D eigenvalue weighted by molar-refractivity contribution is -0.114. The summed E-state index contributed by atoms with van der Waals surface area (Å²) in [6.45, 7) is 4.05. The molecule has 3 amide bonds. The summed E-state index contributed by atoms with van der Waals surface area (Å²) < 4.78 is 14.8. The minimum Gasteiger partial charge on any atom is -0.497 e. The zero-order chi connectivity index (χ0) is 60.2. The number of alkyl halides is 1. The van der Waals surface area contributed by atoms with Crippen molar-refractivity contribution < 1.29 is 53.6 Å². The lowest BCUT2D eigenvalue weighted by Crippen LogP contribution is -2.15. The number of carboxylic acid groups (broad SMARTS) is 3. The first-order chi connectivity index (χ1) is 39.6. The van der Waals surface area contributed by atoms with Crippen LogP contribution in [0, 0.1) is 13.8 Å². The summed E-state index contributed by atoms with van der Waals surface area (Å²) in [5.41, 5.74) is 11.1. The average Bonchev–Trinajstić information content (AvgIpc) is 3.42. The summed E-state index contributed by atoms with van der Waals surface area (Å²) in [7, 11) is 3.22. The van der Waals surface area contributed by atoms with Gasteiger partial charge in [0.05, 0.1) is 85.9 Å². The summed E-state index contributed by atoms with van der Waals surface area (Å²) in [6, 6.07) is 31.8. The molecule has 0 aliphatic rings. The maximum Gasteiger partial charge on any atom is 0.335 e. The number of amides is 3. The summed E-state index contributed by atoms with van der Waals surface area (Å²) >= 11 is 29.1. The molecule has 428 valence electrons. The second-order valence-corrected chi connectivity index (χ2v) is 21.3. The minimum absolute atomic E-state index is 0.00224. The van der Waals surface area contributed by atoms with Gasteiger partial charge in [0.25, 0.3) is 0 Å². The molecule has 9 rings (SSSR count). The highest BCUT2D eigenvalue weighted by molar-refractivity contribution is 9.10. The van der Waals surface area contributed by atoms with E-state index in [0.717, 1.165) is 61.6 Å². The number of carbonyl (C=O) groups excluding carboxylic acids is 3. The minimum atomic E-state index is -1.10. The number of ether oxygens (including phenoxy) is 2. The molecular formula is C55H45BrCl4N10O11S2. The molecular weight excluding hydrogens is 1260 g/mol. The van der Waals surface area contributed by atoms with Crippen LogP contribution in [0.1, 0.15) is 42.2 Å². The molecule has 0 saturated carbocycles. The van der Waals surface area contributed by atoms with Gasteiger partial charge in [-0.25, -0.2) is 14.4 Å². The summed E-state index contributed by atoms with van der Waals surface area (Å²) in [5.74, 6) is -2.89. The van der Waals surface area contributed by atoms with E-state index >= 15 is 0 Å². The van der Waals surface area contributed by atoms with Gasteiger partial charge in [-0.2, -0.15) is 0 Å². The van der Waals surface area contributed by atoms with Crippen molar-refractivity contribution in [2.24, 2.45) is 0 Å². The molecule has 0 bridgehead atoms. The maximum absolute atomic E-state index is 12.6. The highest BCUT2D eigenvalue weighted by Gasteiger charge is 2.21.